The van der Waals surface area contributed by atoms with Crippen molar-refractivity contribution >= 4 is 5.91 Å². The fourth-order valence-electron chi connectivity index (χ4n) is 3.17. The van der Waals surface area contributed by atoms with E-state index < -0.39 is 17.3 Å². The van der Waals surface area contributed by atoms with Gasteiger partial charge in [-0.15, -0.1) is 0 Å². The fraction of sp³-hybridized carbons (Fsp3) is 0.588. The molecule has 7 heteroatoms. The van der Waals surface area contributed by atoms with Gasteiger partial charge in [-0.25, -0.2) is 0 Å². The number of piperidine rings is 1. The first-order valence-electron chi connectivity index (χ1n) is 7.97. The predicted octanol–water partition coefficient (Wildman–Crippen LogP) is 2.37. The Morgan fingerprint density at radius 2 is 2.04 bits per heavy atom. The molecule has 2 unspecified atom stereocenters. The zero-order valence-corrected chi connectivity index (χ0v) is 13.9. The Labute approximate surface area is 139 Å². The van der Waals surface area contributed by atoms with Gasteiger partial charge in [-0.05, 0) is 44.0 Å². The second-order valence-electron chi connectivity index (χ2n) is 6.54. The minimum atomic E-state index is -4.44. The molecule has 0 bridgehead atoms. The third-order valence-electron chi connectivity index (χ3n) is 4.47. The molecule has 1 aromatic carbocycles. The first-order chi connectivity index (χ1) is 11.1. The van der Waals surface area contributed by atoms with Crippen molar-refractivity contribution in [3.05, 3.63) is 35.4 Å². The lowest BCUT2D eigenvalue weighted by molar-refractivity contribution is -0.137. The molecule has 0 aliphatic carbocycles. The van der Waals surface area contributed by atoms with Crippen LogP contribution in [0, 0.1) is 5.92 Å². The molecule has 0 radical (unpaired) electrons. The summed E-state index contributed by atoms with van der Waals surface area (Å²) < 4.78 is 38.6. The lowest BCUT2D eigenvalue weighted by Crippen LogP contribution is -2.47. The number of carbonyl (C=O) groups is 1. The minimum Gasteiger partial charge on any atom is -0.384 e. The summed E-state index contributed by atoms with van der Waals surface area (Å²) in [7, 11) is 1.58. The van der Waals surface area contributed by atoms with Crippen molar-refractivity contribution in [2.45, 2.75) is 31.5 Å². The second-order valence-corrected chi connectivity index (χ2v) is 6.54. The summed E-state index contributed by atoms with van der Waals surface area (Å²) in [6.45, 7) is 2.89. The number of likely N-dealkylation sites (tertiary alicyclic amines) is 1. The molecular weight excluding hydrogens is 321 g/mol. The number of carbonyl (C=O) groups excluding carboxylic acids is 1. The molecule has 2 rings (SSSR count). The number of hydrogen-bond donors (Lipinski definition) is 2. The molecule has 1 aliphatic heterocycles. The van der Waals surface area contributed by atoms with Gasteiger partial charge in [0.15, 0.2) is 0 Å². The average Bonchev–Trinajstić information content (AvgIpc) is 2.53. The van der Waals surface area contributed by atoms with E-state index in [1.54, 1.807) is 7.05 Å². The van der Waals surface area contributed by atoms with Gasteiger partial charge in [-0.2, -0.15) is 13.2 Å². The molecule has 0 spiro atoms. The third kappa shape index (κ3) is 4.48. The van der Waals surface area contributed by atoms with Crippen LogP contribution in [0.5, 0.6) is 0 Å². The summed E-state index contributed by atoms with van der Waals surface area (Å²) in [5.74, 6) is -0.195. The van der Waals surface area contributed by atoms with Gasteiger partial charge < -0.3 is 10.4 Å². The van der Waals surface area contributed by atoms with Crippen molar-refractivity contribution in [2.75, 3.05) is 26.7 Å². The average molecular weight is 344 g/mol. The van der Waals surface area contributed by atoms with Crippen molar-refractivity contribution in [3.8, 4) is 0 Å². The summed E-state index contributed by atoms with van der Waals surface area (Å²) in [4.78, 5) is 13.7. The Morgan fingerprint density at radius 3 is 2.67 bits per heavy atom. The molecule has 1 heterocycles. The number of halogens is 3. The SMILES string of the molecule is CNC(=O)C1CCCN(CC(C)(O)c2cccc(C(F)(F)F)c2)C1. The smallest absolute Gasteiger partial charge is 0.384 e. The van der Waals surface area contributed by atoms with E-state index >= 15 is 0 Å². The summed E-state index contributed by atoms with van der Waals surface area (Å²) in [5.41, 5.74) is -1.98. The maximum absolute atomic E-state index is 12.9. The molecule has 134 valence electrons. The van der Waals surface area contributed by atoms with Crippen molar-refractivity contribution in [1.82, 2.24) is 10.2 Å². The van der Waals surface area contributed by atoms with E-state index in [1.165, 1.54) is 19.1 Å². The molecule has 1 amide bonds. The molecule has 24 heavy (non-hydrogen) atoms. The van der Waals surface area contributed by atoms with Gasteiger partial charge >= 0.3 is 6.18 Å². The van der Waals surface area contributed by atoms with Crippen molar-refractivity contribution in [2.24, 2.45) is 5.92 Å². The number of nitrogens with zero attached hydrogens (tertiary/aromatic N) is 1. The molecule has 0 aromatic heterocycles. The number of alkyl halides is 3. The maximum atomic E-state index is 12.9. The molecule has 0 saturated carbocycles. The number of nitrogens with one attached hydrogen (secondary N) is 1. The van der Waals surface area contributed by atoms with Crippen LogP contribution in [-0.4, -0.2) is 42.6 Å². The van der Waals surface area contributed by atoms with E-state index in [0.29, 0.717) is 13.1 Å². The Balaban J connectivity index is 2.12. The molecule has 4 nitrogen and oxygen atoms in total. The summed E-state index contributed by atoms with van der Waals surface area (Å²) in [6, 6.07) is 4.77. The van der Waals surface area contributed by atoms with Crippen LogP contribution in [0.15, 0.2) is 24.3 Å². The van der Waals surface area contributed by atoms with Gasteiger partial charge in [0.25, 0.3) is 0 Å². The fourth-order valence-corrected chi connectivity index (χ4v) is 3.17. The lowest BCUT2D eigenvalue weighted by atomic mass is 9.91. The highest BCUT2D eigenvalue weighted by atomic mass is 19.4. The Hall–Kier alpha value is -1.60. The lowest BCUT2D eigenvalue weighted by Gasteiger charge is -2.37. The van der Waals surface area contributed by atoms with Crippen LogP contribution in [0.1, 0.15) is 30.9 Å². The zero-order chi connectivity index (χ0) is 18.0. The number of benzene rings is 1. The van der Waals surface area contributed by atoms with Crippen LogP contribution in [0.2, 0.25) is 0 Å². The largest absolute Gasteiger partial charge is 0.416 e. The normalized spacial score (nSPS) is 22.0. The Bertz CT molecular complexity index is 587. The molecule has 1 aliphatic rings. The maximum Gasteiger partial charge on any atom is 0.416 e. The Morgan fingerprint density at radius 1 is 1.38 bits per heavy atom. The van der Waals surface area contributed by atoms with Crippen LogP contribution in [-0.2, 0) is 16.6 Å². The van der Waals surface area contributed by atoms with E-state index in [2.05, 4.69) is 5.32 Å². The molecule has 2 atom stereocenters. The van der Waals surface area contributed by atoms with E-state index in [9.17, 15) is 23.1 Å². The standard InChI is InChI=1S/C17H23F3N2O2/c1-16(24,13-6-3-7-14(9-13)17(18,19)20)11-22-8-4-5-12(10-22)15(23)21-2/h3,6-7,9,12,24H,4-5,8,10-11H2,1-2H3,(H,21,23). The van der Waals surface area contributed by atoms with Gasteiger partial charge in [-0.1, -0.05) is 12.1 Å². The number of β-amino-alcohol motifs (C(OH)–C–C–N with tert-alkyl or cyclic N) is 1. The molecule has 1 aromatic rings. The van der Waals surface area contributed by atoms with Gasteiger partial charge in [0.2, 0.25) is 5.91 Å². The molecular formula is C17H23F3N2O2. The highest BCUT2D eigenvalue weighted by Crippen LogP contribution is 2.32. The summed E-state index contributed by atoms with van der Waals surface area (Å²) in [5, 5.41) is 13.3. The molecule has 2 N–H and O–H groups in total. The monoisotopic (exact) mass is 344 g/mol. The third-order valence-corrected chi connectivity index (χ3v) is 4.47. The summed E-state index contributed by atoms with van der Waals surface area (Å²) in [6.07, 6.45) is -2.85. The van der Waals surface area contributed by atoms with Crippen molar-refractivity contribution < 1.29 is 23.1 Å². The first-order valence-corrected chi connectivity index (χ1v) is 7.97. The zero-order valence-electron chi connectivity index (χ0n) is 13.9. The van der Waals surface area contributed by atoms with Crippen molar-refractivity contribution in [3.63, 3.8) is 0 Å². The van der Waals surface area contributed by atoms with Crippen LogP contribution < -0.4 is 5.32 Å². The van der Waals surface area contributed by atoms with Gasteiger partial charge in [0.05, 0.1) is 17.1 Å². The second kappa shape index (κ2) is 7.11. The highest BCUT2D eigenvalue weighted by Gasteiger charge is 2.34. The van der Waals surface area contributed by atoms with Gasteiger partial charge in [0, 0.05) is 20.1 Å². The predicted molar refractivity (Wildman–Crippen MR) is 84.2 cm³/mol. The number of rotatable bonds is 4. The van der Waals surface area contributed by atoms with Crippen LogP contribution >= 0.6 is 0 Å². The van der Waals surface area contributed by atoms with E-state index in [0.717, 1.165) is 25.0 Å². The van der Waals surface area contributed by atoms with E-state index in [4.69, 9.17) is 0 Å². The van der Waals surface area contributed by atoms with Crippen molar-refractivity contribution in [1.29, 1.82) is 0 Å². The first kappa shape index (κ1) is 18.7. The summed E-state index contributed by atoms with van der Waals surface area (Å²) >= 11 is 0. The Kier molecular flexibility index (Phi) is 5.55. The van der Waals surface area contributed by atoms with E-state index in [-0.39, 0.29) is 23.9 Å². The molecule has 1 fully saturated rings. The number of aliphatic hydroxyl groups is 1. The number of hydrogen-bond acceptors (Lipinski definition) is 3. The van der Waals surface area contributed by atoms with Crippen LogP contribution in [0.4, 0.5) is 13.2 Å². The van der Waals surface area contributed by atoms with E-state index in [1.807, 2.05) is 4.90 Å². The van der Waals surface area contributed by atoms with Crippen LogP contribution in [0.25, 0.3) is 0 Å². The van der Waals surface area contributed by atoms with Gasteiger partial charge in [0.1, 0.15) is 0 Å². The van der Waals surface area contributed by atoms with Gasteiger partial charge in [-0.3, -0.25) is 9.69 Å². The molecule has 1 saturated heterocycles. The quantitative estimate of drug-likeness (QED) is 0.882. The topological polar surface area (TPSA) is 52.6 Å². The number of amides is 1. The minimum absolute atomic E-state index is 0.0431. The van der Waals surface area contributed by atoms with Crippen LogP contribution in [0.3, 0.4) is 0 Å². The highest BCUT2D eigenvalue weighted by molar-refractivity contribution is 5.78.